The zero-order chi connectivity index (χ0) is 10.2. The molecule has 0 aromatic carbocycles. The lowest BCUT2D eigenvalue weighted by molar-refractivity contribution is 0.407. The summed E-state index contributed by atoms with van der Waals surface area (Å²) in [5, 5.41) is 0. The normalized spacial score (nSPS) is 14.6. The molecule has 2 heteroatoms. The summed E-state index contributed by atoms with van der Waals surface area (Å²) in [6.45, 7) is 11.2. The predicted octanol–water partition coefficient (Wildman–Crippen LogP) is 4.85. The van der Waals surface area contributed by atoms with Gasteiger partial charge in [0.05, 0.1) is 0 Å². The average molecular weight is 261 g/mol. The molecule has 1 aromatic heterocycles. The second kappa shape index (κ2) is 3.74. The van der Waals surface area contributed by atoms with Crippen molar-refractivity contribution in [3.8, 4) is 0 Å². The number of alkyl halides is 1. The van der Waals surface area contributed by atoms with E-state index < -0.39 is 0 Å². The highest BCUT2D eigenvalue weighted by molar-refractivity contribution is 9.09. The molecule has 1 heterocycles. The molecule has 0 fully saturated rings. The molecular formula is C11H17BrS. The van der Waals surface area contributed by atoms with Crippen LogP contribution in [0.4, 0.5) is 0 Å². The van der Waals surface area contributed by atoms with E-state index in [2.05, 4.69) is 56.6 Å². The van der Waals surface area contributed by atoms with Crippen LogP contribution in [0.5, 0.6) is 0 Å². The van der Waals surface area contributed by atoms with Crippen molar-refractivity contribution in [3.63, 3.8) is 0 Å². The molecule has 0 nitrogen and oxygen atoms in total. The van der Waals surface area contributed by atoms with Gasteiger partial charge >= 0.3 is 0 Å². The van der Waals surface area contributed by atoms with Gasteiger partial charge in [0.2, 0.25) is 0 Å². The Morgan fingerprint density at radius 2 is 1.85 bits per heavy atom. The number of halogens is 1. The summed E-state index contributed by atoms with van der Waals surface area (Å²) in [5.74, 6) is 0. The van der Waals surface area contributed by atoms with Crippen LogP contribution in [-0.2, 0) is 0 Å². The Bertz CT molecular complexity index is 294. The lowest BCUT2D eigenvalue weighted by Gasteiger charge is -2.25. The van der Waals surface area contributed by atoms with E-state index in [1.165, 1.54) is 15.3 Å². The largest absolute Gasteiger partial charge is 0.146 e. The van der Waals surface area contributed by atoms with Crippen LogP contribution >= 0.6 is 27.3 Å². The smallest absolute Gasteiger partial charge is 0.0454 e. The first kappa shape index (κ1) is 11.3. The van der Waals surface area contributed by atoms with Gasteiger partial charge in [0.15, 0.2) is 0 Å². The average Bonchev–Trinajstić information content (AvgIpc) is 2.26. The van der Waals surface area contributed by atoms with E-state index in [1.807, 2.05) is 11.3 Å². The van der Waals surface area contributed by atoms with E-state index in [1.54, 1.807) is 0 Å². The molecule has 0 N–H and O–H groups in total. The Kier molecular flexibility index (Phi) is 3.24. The van der Waals surface area contributed by atoms with Gasteiger partial charge in [-0.25, -0.2) is 0 Å². The predicted molar refractivity (Wildman–Crippen MR) is 64.9 cm³/mol. The molecule has 1 rings (SSSR count). The van der Waals surface area contributed by atoms with Gasteiger partial charge in [0.1, 0.15) is 0 Å². The SMILES string of the molecule is Cc1cc(C(Br)C(C)(C)C)c(C)s1. The Morgan fingerprint density at radius 1 is 1.31 bits per heavy atom. The molecule has 13 heavy (non-hydrogen) atoms. The van der Waals surface area contributed by atoms with E-state index in [9.17, 15) is 0 Å². The van der Waals surface area contributed by atoms with Crippen LogP contribution < -0.4 is 0 Å². The fourth-order valence-corrected chi connectivity index (χ4v) is 2.96. The molecule has 0 aliphatic rings. The van der Waals surface area contributed by atoms with E-state index >= 15 is 0 Å². The summed E-state index contributed by atoms with van der Waals surface area (Å²) < 4.78 is 0. The Morgan fingerprint density at radius 3 is 2.15 bits per heavy atom. The lowest BCUT2D eigenvalue weighted by Crippen LogP contribution is -2.12. The van der Waals surface area contributed by atoms with Crippen molar-refractivity contribution in [2.45, 2.75) is 39.4 Å². The quantitative estimate of drug-likeness (QED) is 0.634. The maximum atomic E-state index is 3.78. The van der Waals surface area contributed by atoms with Crippen molar-refractivity contribution in [2.24, 2.45) is 5.41 Å². The van der Waals surface area contributed by atoms with Crippen LogP contribution in [-0.4, -0.2) is 0 Å². The van der Waals surface area contributed by atoms with E-state index in [4.69, 9.17) is 0 Å². The molecule has 1 atom stereocenters. The molecule has 0 radical (unpaired) electrons. The fourth-order valence-electron chi connectivity index (χ4n) is 1.37. The molecule has 1 unspecified atom stereocenters. The third kappa shape index (κ3) is 2.57. The van der Waals surface area contributed by atoms with Gasteiger partial charge in [0.25, 0.3) is 0 Å². The Hall–Kier alpha value is 0.180. The van der Waals surface area contributed by atoms with E-state index in [-0.39, 0.29) is 5.41 Å². The summed E-state index contributed by atoms with van der Waals surface area (Å²) in [5.41, 5.74) is 1.74. The van der Waals surface area contributed by atoms with Crippen molar-refractivity contribution in [1.82, 2.24) is 0 Å². The van der Waals surface area contributed by atoms with Crippen molar-refractivity contribution >= 4 is 27.3 Å². The number of aryl methyl sites for hydroxylation is 2. The first-order chi connectivity index (χ1) is 5.82. The maximum Gasteiger partial charge on any atom is 0.0454 e. The molecule has 1 aromatic rings. The van der Waals surface area contributed by atoms with Crippen molar-refractivity contribution in [1.29, 1.82) is 0 Å². The van der Waals surface area contributed by atoms with Gasteiger partial charge < -0.3 is 0 Å². The van der Waals surface area contributed by atoms with Crippen LogP contribution in [0, 0.1) is 19.3 Å². The second-order valence-electron chi connectivity index (χ2n) is 4.60. The summed E-state index contributed by atoms with van der Waals surface area (Å²) in [4.78, 5) is 3.31. The Labute approximate surface area is 93.5 Å². The molecular weight excluding hydrogens is 244 g/mol. The summed E-state index contributed by atoms with van der Waals surface area (Å²) >= 11 is 5.66. The highest BCUT2D eigenvalue weighted by atomic mass is 79.9. The zero-order valence-electron chi connectivity index (χ0n) is 8.94. The van der Waals surface area contributed by atoms with Gasteiger partial charge in [-0.3, -0.25) is 0 Å². The summed E-state index contributed by atoms with van der Waals surface area (Å²) in [7, 11) is 0. The van der Waals surface area contributed by atoms with Gasteiger partial charge in [-0.2, -0.15) is 0 Å². The molecule has 0 aliphatic carbocycles. The topological polar surface area (TPSA) is 0 Å². The first-order valence-corrected chi connectivity index (χ1v) is 6.26. The van der Waals surface area contributed by atoms with E-state index in [0.717, 1.165) is 0 Å². The minimum atomic E-state index is 0.290. The monoisotopic (exact) mass is 260 g/mol. The fraction of sp³-hybridized carbons (Fsp3) is 0.636. The van der Waals surface area contributed by atoms with Gasteiger partial charge in [-0.1, -0.05) is 36.7 Å². The van der Waals surface area contributed by atoms with Gasteiger partial charge in [-0.05, 0) is 30.9 Å². The maximum absolute atomic E-state index is 3.78. The van der Waals surface area contributed by atoms with Crippen molar-refractivity contribution < 1.29 is 0 Å². The summed E-state index contributed by atoms with van der Waals surface area (Å²) in [6.07, 6.45) is 0. The van der Waals surface area contributed by atoms with Crippen LogP contribution in [0.1, 0.15) is 40.9 Å². The van der Waals surface area contributed by atoms with Crippen LogP contribution in [0.3, 0.4) is 0 Å². The van der Waals surface area contributed by atoms with Gasteiger partial charge in [0, 0.05) is 14.6 Å². The van der Waals surface area contributed by atoms with Crippen molar-refractivity contribution in [2.75, 3.05) is 0 Å². The minimum Gasteiger partial charge on any atom is -0.146 e. The third-order valence-electron chi connectivity index (χ3n) is 2.11. The van der Waals surface area contributed by atoms with Crippen molar-refractivity contribution in [3.05, 3.63) is 21.4 Å². The van der Waals surface area contributed by atoms with Crippen LogP contribution in [0.15, 0.2) is 6.07 Å². The zero-order valence-corrected chi connectivity index (χ0v) is 11.3. The molecule has 0 aliphatic heterocycles. The number of hydrogen-bond acceptors (Lipinski definition) is 1. The molecule has 0 bridgehead atoms. The van der Waals surface area contributed by atoms with Crippen LogP contribution in [0.25, 0.3) is 0 Å². The molecule has 0 saturated carbocycles. The first-order valence-electron chi connectivity index (χ1n) is 4.53. The lowest BCUT2D eigenvalue weighted by atomic mass is 9.88. The number of thiophene rings is 1. The van der Waals surface area contributed by atoms with Gasteiger partial charge in [-0.15, -0.1) is 11.3 Å². The van der Waals surface area contributed by atoms with Crippen LogP contribution in [0.2, 0.25) is 0 Å². The number of rotatable bonds is 1. The summed E-state index contributed by atoms with van der Waals surface area (Å²) in [6, 6.07) is 2.30. The van der Waals surface area contributed by atoms with E-state index in [0.29, 0.717) is 4.83 Å². The minimum absolute atomic E-state index is 0.290. The molecule has 0 saturated heterocycles. The molecule has 0 spiro atoms. The Balaban J connectivity index is 3.01. The molecule has 0 amide bonds. The molecule has 74 valence electrons. The highest BCUT2D eigenvalue weighted by Crippen LogP contribution is 2.43. The standard InChI is InChI=1S/C11H17BrS/c1-7-6-9(8(2)13-7)10(12)11(3,4)5/h6,10H,1-5H3. The number of hydrogen-bond donors (Lipinski definition) is 0. The highest BCUT2D eigenvalue weighted by Gasteiger charge is 2.25. The third-order valence-corrected chi connectivity index (χ3v) is 4.96. The second-order valence-corrected chi connectivity index (χ2v) is 6.97.